The summed E-state index contributed by atoms with van der Waals surface area (Å²) < 4.78 is 0.726. The van der Waals surface area contributed by atoms with Crippen LogP contribution in [0.5, 0.6) is 0 Å². The molecule has 0 saturated carbocycles. The third-order valence-electron chi connectivity index (χ3n) is 2.11. The number of hydrazone groups is 1. The summed E-state index contributed by atoms with van der Waals surface area (Å²) in [5.41, 5.74) is 0. The molecule has 2 aromatic carbocycles. The van der Waals surface area contributed by atoms with Gasteiger partial charge in [-0.25, -0.2) is 0 Å². The molecule has 0 aliphatic carbocycles. The van der Waals surface area contributed by atoms with Gasteiger partial charge in [0.1, 0.15) is 0 Å². The van der Waals surface area contributed by atoms with Gasteiger partial charge in [-0.2, -0.15) is 5.10 Å². The summed E-state index contributed by atoms with van der Waals surface area (Å²) in [5.74, 6) is 5.42. The first-order chi connectivity index (χ1) is 9.17. The predicted molar refractivity (Wildman–Crippen MR) is 86.2 cm³/mol. The number of benzene rings is 2. The molecule has 0 spiro atoms. The molecular weight excluding hydrogens is 319 g/mol. The van der Waals surface area contributed by atoms with Gasteiger partial charge in [0.25, 0.3) is 0 Å². The summed E-state index contributed by atoms with van der Waals surface area (Å²) in [4.78, 5) is 1.98. The maximum Gasteiger partial charge on any atom is 0.159 e. The fourth-order valence-electron chi connectivity index (χ4n) is 1.34. The molecule has 6 heteroatoms. The van der Waals surface area contributed by atoms with Gasteiger partial charge in [0.05, 0.1) is 0 Å². The van der Waals surface area contributed by atoms with Crippen LogP contribution in [0, 0.1) is 0 Å². The van der Waals surface area contributed by atoms with Crippen molar-refractivity contribution in [2.45, 2.75) is 9.79 Å². The zero-order chi connectivity index (χ0) is 13.7. The van der Waals surface area contributed by atoms with Crippen molar-refractivity contribution in [3.05, 3.63) is 58.6 Å². The molecule has 0 saturated heterocycles. The topological polar surface area (TPSA) is 38.4 Å². The Morgan fingerprint density at radius 1 is 0.895 bits per heavy atom. The molecule has 0 unspecified atom stereocenters. The SMILES string of the molecule is NN=C(Sc1cccc(Cl)c1)Sc1cccc(Cl)c1. The van der Waals surface area contributed by atoms with E-state index in [1.165, 1.54) is 23.5 Å². The van der Waals surface area contributed by atoms with Crippen LogP contribution >= 0.6 is 46.7 Å². The third kappa shape index (κ3) is 4.66. The lowest BCUT2D eigenvalue weighted by atomic mass is 10.4. The molecule has 2 rings (SSSR count). The molecule has 2 aromatic rings. The molecule has 0 amide bonds. The Kier molecular flexibility index (Phi) is 5.45. The standard InChI is InChI=1S/C13H10Cl2N2S2/c14-9-3-1-5-11(7-9)18-13(17-16)19-12-6-2-4-10(15)8-12/h1-8H,16H2. The Labute approximate surface area is 130 Å². The summed E-state index contributed by atoms with van der Waals surface area (Å²) in [6.45, 7) is 0. The van der Waals surface area contributed by atoms with Crippen molar-refractivity contribution in [3.8, 4) is 0 Å². The van der Waals surface area contributed by atoms with Gasteiger partial charge in [-0.3, -0.25) is 0 Å². The molecule has 0 aliphatic rings. The molecule has 2 nitrogen and oxygen atoms in total. The second-order valence-electron chi connectivity index (χ2n) is 3.51. The maximum absolute atomic E-state index is 5.94. The zero-order valence-corrected chi connectivity index (χ0v) is 12.9. The van der Waals surface area contributed by atoms with Crippen molar-refractivity contribution >= 4 is 51.1 Å². The predicted octanol–water partition coefficient (Wildman–Crippen LogP) is 5.11. The normalized spacial score (nSPS) is 10.2. The molecule has 98 valence electrons. The molecular formula is C13H10Cl2N2S2. The highest BCUT2D eigenvalue weighted by molar-refractivity contribution is 8.38. The fourth-order valence-corrected chi connectivity index (χ4v) is 3.76. The summed E-state index contributed by atoms with van der Waals surface area (Å²) in [6.07, 6.45) is 0. The van der Waals surface area contributed by atoms with Crippen LogP contribution in [-0.4, -0.2) is 4.38 Å². The first kappa shape index (κ1) is 14.6. The summed E-state index contributed by atoms with van der Waals surface area (Å²) in [6, 6.07) is 15.1. The number of nitrogens with two attached hydrogens (primary N) is 1. The highest BCUT2D eigenvalue weighted by atomic mass is 35.5. The monoisotopic (exact) mass is 328 g/mol. The van der Waals surface area contributed by atoms with E-state index in [1.807, 2.05) is 48.5 Å². The lowest BCUT2D eigenvalue weighted by Crippen LogP contribution is -1.92. The minimum Gasteiger partial charge on any atom is -0.322 e. The lowest BCUT2D eigenvalue weighted by Gasteiger charge is -2.05. The van der Waals surface area contributed by atoms with Gasteiger partial charge in [-0.05, 0) is 36.4 Å². The van der Waals surface area contributed by atoms with Crippen LogP contribution in [0.25, 0.3) is 0 Å². The minimum atomic E-state index is 0.689. The maximum atomic E-state index is 5.94. The molecule has 0 bridgehead atoms. The van der Waals surface area contributed by atoms with Crippen LogP contribution in [0.15, 0.2) is 63.4 Å². The van der Waals surface area contributed by atoms with Crippen molar-refractivity contribution < 1.29 is 0 Å². The van der Waals surface area contributed by atoms with Gasteiger partial charge >= 0.3 is 0 Å². The number of hydrogen-bond acceptors (Lipinski definition) is 4. The van der Waals surface area contributed by atoms with E-state index >= 15 is 0 Å². The Balaban J connectivity index is 2.09. The summed E-state index contributed by atoms with van der Waals surface area (Å²) in [7, 11) is 0. The number of hydrogen-bond donors (Lipinski definition) is 1. The molecule has 0 aliphatic heterocycles. The molecule has 19 heavy (non-hydrogen) atoms. The van der Waals surface area contributed by atoms with Crippen molar-refractivity contribution in [2.24, 2.45) is 10.9 Å². The Morgan fingerprint density at radius 3 is 1.74 bits per heavy atom. The first-order valence-electron chi connectivity index (χ1n) is 5.32. The highest BCUT2D eigenvalue weighted by Crippen LogP contribution is 2.32. The van der Waals surface area contributed by atoms with Crippen LogP contribution in [0.3, 0.4) is 0 Å². The minimum absolute atomic E-state index is 0.689. The quantitative estimate of drug-likeness (QED) is 0.274. The van der Waals surface area contributed by atoms with E-state index < -0.39 is 0 Å². The average molecular weight is 329 g/mol. The van der Waals surface area contributed by atoms with E-state index in [2.05, 4.69) is 5.10 Å². The highest BCUT2D eigenvalue weighted by Gasteiger charge is 2.06. The number of thioether (sulfide) groups is 2. The van der Waals surface area contributed by atoms with Gasteiger partial charge in [-0.1, -0.05) is 58.9 Å². The molecule has 2 N–H and O–H groups in total. The van der Waals surface area contributed by atoms with Crippen LogP contribution in [-0.2, 0) is 0 Å². The van der Waals surface area contributed by atoms with Crippen LogP contribution < -0.4 is 5.84 Å². The third-order valence-corrected chi connectivity index (χ3v) is 4.62. The van der Waals surface area contributed by atoms with Crippen molar-refractivity contribution in [2.75, 3.05) is 0 Å². The van der Waals surface area contributed by atoms with Crippen LogP contribution in [0.2, 0.25) is 10.0 Å². The largest absolute Gasteiger partial charge is 0.322 e. The fraction of sp³-hybridized carbons (Fsp3) is 0. The van der Waals surface area contributed by atoms with Gasteiger partial charge in [0, 0.05) is 19.8 Å². The number of nitrogens with zero attached hydrogens (tertiary/aromatic N) is 1. The average Bonchev–Trinajstić information content (AvgIpc) is 2.38. The second kappa shape index (κ2) is 7.10. The number of rotatable bonds is 2. The first-order valence-corrected chi connectivity index (χ1v) is 7.71. The van der Waals surface area contributed by atoms with Crippen molar-refractivity contribution in [1.82, 2.24) is 0 Å². The van der Waals surface area contributed by atoms with Gasteiger partial charge < -0.3 is 5.84 Å². The van der Waals surface area contributed by atoms with Crippen LogP contribution in [0.4, 0.5) is 0 Å². The van der Waals surface area contributed by atoms with E-state index in [4.69, 9.17) is 29.0 Å². The van der Waals surface area contributed by atoms with Gasteiger partial charge in [0.2, 0.25) is 0 Å². The molecule has 0 atom stereocenters. The second-order valence-corrected chi connectivity index (χ2v) is 6.77. The number of halogens is 2. The van der Waals surface area contributed by atoms with E-state index in [9.17, 15) is 0 Å². The van der Waals surface area contributed by atoms with Crippen LogP contribution in [0.1, 0.15) is 0 Å². The summed E-state index contributed by atoms with van der Waals surface area (Å²) in [5, 5.41) is 5.17. The van der Waals surface area contributed by atoms with E-state index in [0.29, 0.717) is 10.0 Å². The molecule has 0 heterocycles. The van der Waals surface area contributed by atoms with E-state index in [1.54, 1.807) is 0 Å². The summed E-state index contributed by atoms with van der Waals surface area (Å²) >= 11 is 14.8. The van der Waals surface area contributed by atoms with Crippen molar-refractivity contribution in [1.29, 1.82) is 0 Å². The Morgan fingerprint density at radius 2 is 1.37 bits per heavy atom. The lowest BCUT2D eigenvalue weighted by molar-refractivity contribution is 1.27. The van der Waals surface area contributed by atoms with Crippen molar-refractivity contribution in [3.63, 3.8) is 0 Å². The Hall–Kier alpha value is -0.810. The van der Waals surface area contributed by atoms with E-state index in [-0.39, 0.29) is 0 Å². The van der Waals surface area contributed by atoms with Gasteiger partial charge in [-0.15, -0.1) is 0 Å². The smallest absolute Gasteiger partial charge is 0.159 e. The molecule has 0 fully saturated rings. The van der Waals surface area contributed by atoms with Gasteiger partial charge in [0.15, 0.2) is 4.38 Å². The Bertz CT molecular complexity index is 553. The zero-order valence-electron chi connectivity index (χ0n) is 9.72. The van der Waals surface area contributed by atoms with E-state index in [0.717, 1.165) is 14.2 Å². The molecule has 0 radical (unpaired) electrons. The molecule has 0 aromatic heterocycles.